The zero-order chi connectivity index (χ0) is 12.7. The van der Waals surface area contributed by atoms with Gasteiger partial charge in [-0.2, -0.15) is 5.10 Å². The lowest BCUT2D eigenvalue weighted by Gasteiger charge is -2.20. The van der Waals surface area contributed by atoms with E-state index in [0.717, 1.165) is 31.9 Å². The molecule has 17 heavy (non-hydrogen) atoms. The minimum absolute atomic E-state index is 0.578. The second kappa shape index (κ2) is 7.40. The summed E-state index contributed by atoms with van der Waals surface area (Å²) >= 11 is 0. The molecule has 1 atom stereocenters. The molecule has 0 fully saturated rings. The summed E-state index contributed by atoms with van der Waals surface area (Å²) in [4.78, 5) is 4.28. The predicted molar refractivity (Wildman–Crippen MR) is 67.8 cm³/mol. The molecular weight excluding hydrogens is 216 g/mol. The highest BCUT2D eigenvalue weighted by atomic mass is 16.5. The topological polar surface area (TPSA) is 52.0 Å². The van der Waals surface area contributed by atoms with Gasteiger partial charge in [-0.1, -0.05) is 13.8 Å². The number of ether oxygens (including phenoxy) is 1. The minimum Gasteiger partial charge on any atom is -0.383 e. The fourth-order valence-electron chi connectivity index (χ4n) is 1.74. The van der Waals surface area contributed by atoms with Crippen molar-refractivity contribution in [3.8, 4) is 0 Å². The Kier molecular flexibility index (Phi) is 6.15. The molecule has 1 unspecified atom stereocenters. The van der Waals surface area contributed by atoms with E-state index in [1.807, 2.05) is 11.7 Å². The molecule has 1 aromatic heterocycles. The van der Waals surface area contributed by atoms with Crippen molar-refractivity contribution in [2.24, 2.45) is 18.9 Å². The lowest BCUT2D eigenvalue weighted by atomic mass is 9.92. The van der Waals surface area contributed by atoms with E-state index in [-0.39, 0.29) is 0 Å². The first-order valence-corrected chi connectivity index (χ1v) is 6.17. The third-order valence-electron chi connectivity index (χ3n) is 3.08. The van der Waals surface area contributed by atoms with Crippen LogP contribution < -0.4 is 5.32 Å². The summed E-state index contributed by atoms with van der Waals surface area (Å²) in [6, 6.07) is 0. The van der Waals surface area contributed by atoms with Crippen molar-refractivity contribution < 1.29 is 4.74 Å². The molecule has 1 aromatic rings. The Bertz CT molecular complexity index is 311. The highest BCUT2D eigenvalue weighted by Gasteiger charge is 2.16. The van der Waals surface area contributed by atoms with Gasteiger partial charge in [0, 0.05) is 27.1 Å². The summed E-state index contributed by atoms with van der Waals surface area (Å²) in [6.45, 7) is 7.15. The summed E-state index contributed by atoms with van der Waals surface area (Å²) in [6.07, 6.45) is 2.58. The van der Waals surface area contributed by atoms with Crippen LogP contribution in [0.1, 0.15) is 19.7 Å². The standard InChI is InChI=1S/C12H24N4O/c1-10(2)11(8-13-5-6-17-4)7-12-14-9-15-16(12)3/h9-11,13H,5-8H2,1-4H3. The maximum absolute atomic E-state index is 5.02. The maximum atomic E-state index is 5.02. The third-order valence-corrected chi connectivity index (χ3v) is 3.08. The molecule has 1 rings (SSSR count). The van der Waals surface area contributed by atoms with Crippen LogP contribution in [0.2, 0.25) is 0 Å². The number of aromatic nitrogens is 3. The second-order valence-electron chi connectivity index (χ2n) is 4.71. The van der Waals surface area contributed by atoms with Gasteiger partial charge in [0.2, 0.25) is 0 Å². The Balaban J connectivity index is 2.41. The number of methoxy groups -OCH3 is 1. The van der Waals surface area contributed by atoms with Gasteiger partial charge in [-0.05, 0) is 18.4 Å². The van der Waals surface area contributed by atoms with E-state index in [2.05, 4.69) is 29.2 Å². The number of rotatable bonds is 8. The molecule has 0 aliphatic carbocycles. The molecule has 5 heteroatoms. The first kappa shape index (κ1) is 14.1. The molecule has 0 amide bonds. The molecule has 98 valence electrons. The highest BCUT2D eigenvalue weighted by molar-refractivity contribution is 4.87. The van der Waals surface area contributed by atoms with Crippen LogP contribution in [-0.4, -0.2) is 41.6 Å². The first-order valence-electron chi connectivity index (χ1n) is 6.17. The second-order valence-corrected chi connectivity index (χ2v) is 4.71. The molecule has 0 aromatic carbocycles. The molecule has 0 saturated heterocycles. The molecular formula is C12H24N4O. The lowest BCUT2D eigenvalue weighted by Crippen LogP contribution is -2.30. The molecule has 5 nitrogen and oxygen atoms in total. The van der Waals surface area contributed by atoms with Gasteiger partial charge in [0.25, 0.3) is 0 Å². The van der Waals surface area contributed by atoms with Gasteiger partial charge in [-0.15, -0.1) is 0 Å². The van der Waals surface area contributed by atoms with E-state index >= 15 is 0 Å². The average molecular weight is 240 g/mol. The Hall–Kier alpha value is -0.940. The van der Waals surface area contributed by atoms with Crippen LogP contribution in [0.3, 0.4) is 0 Å². The molecule has 0 spiro atoms. The van der Waals surface area contributed by atoms with Crippen molar-refractivity contribution >= 4 is 0 Å². The number of hydrogen-bond acceptors (Lipinski definition) is 4. The zero-order valence-corrected chi connectivity index (χ0v) is 11.3. The van der Waals surface area contributed by atoms with Crippen LogP contribution in [0.15, 0.2) is 6.33 Å². The molecule has 1 N–H and O–H groups in total. The Labute approximate surface area is 104 Å². The van der Waals surface area contributed by atoms with Gasteiger partial charge in [-0.3, -0.25) is 4.68 Å². The van der Waals surface area contributed by atoms with Gasteiger partial charge in [0.1, 0.15) is 12.2 Å². The Morgan fingerprint density at radius 3 is 2.76 bits per heavy atom. The number of aryl methyl sites for hydroxylation is 1. The number of hydrogen-bond donors (Lipinski definition) is 1. The van der Waals surface area contributed by atoms with E-state index in [4.69, 9.17) is 4.74 Å². The van der Waals surface area contributed by atoms with Crippen LogP contribution in [0.4, 0.5) is 0 Å². The van der Waals surface area contributed by atoms with Crippen molar-refractivity contribution in [2.45, 2.75) is 20.3 Å². The van der Waals surface area contributed by atoms with Crippen molar-refractivity contribution in [3.63, 3.8) is 0 Å². The smallest absolute Gasteiger partial charge is 0.138 e. The molecule has 0 saturated carbocycles. The van der Waals surface area contributed by atoms with Gasteiger partial charge in [-0.25, -0.2) is 4.98 Å². The normalized spacial score (nSPS) is 13.2. The average Bonchev–Trinajstić information content (AvgIpc) is 2.68. The molecule has 0 bridgehead atoms. The predicted octanol–water partition coefficient (Wildman–Crippen LogP) is 0.866. The zero-order valence-electron chi connectivity index (χ0n) is 11.3. The molecule has 0 aliphatic rings. The van der Waals surface area contributed by atoms with Crippen molar-refractivity contribution in [1.29, 1.82) is 0 Å². The van der Waals surface area contributed by atoms with Crippen molar-refractivity contribution in [2.75, 3.05) is 26.8 Å². The first-order chi connectivity index (χ1) is 8.15. The summed E-state index contributed by atoms with van der Waals surface area (Å²) in [5, 5.41) is 7.52. The largest absolute Gasteiger partial charge is 0.383 e. The van der Waals surface area contributed by atoms with Gasteiger partial charge < -0.3 is 10.1 Å². The minimum atomic E-state index is 0.578. The van der Waals surface area contributed by atoms with Crippen molar-refractivity contribution in [1.82, 2.24) is 20.1 Å². The van der Waals surface area contributed by atoms with Gasteiger partial charge in [0.15, 0.2) is 0 Å². The lowest BCUT2D eigenvalue weighted by molar-refractivity contribution is 0.196. The van der Waals surface area contributed by atoms with E-state index in [1.165, 1.54) is 0 Å². The summed E-state index contributed by atoms with van der Waals surface area (Å²) in [5.41, 5.74) is 0. The van der Waals surface area contributed by atoms with Crippen LogP contribution in [-0.2, 0) is 18.2 Å². The number of nitrogens with one attached hydrogen (secondary N) is 1. The number of nitrogens with zero attached hydrogens (tertiary/aromatic N) is 3. The van der Waals surface area contributed by atoms with Gasteiger partial charge in [0.05, 0.1) is 6.61 Å². The van der Waals surface area contributed by atoms with E-state index in [1.54, 1.807) is 13.4 Å². The molecule has 0 radical (unpaired) electrons. The van der Waals surface area contributed by atoms with E-state index < -0.39 is 0 Å². The van der Waals surface area contributed by atoms with Crippen LogP contribution in [0.5, 0.6) is 0 Å². The van der Waals surface area contributed by atoms with Crippen molar-refractivity contribution in [3.05, 3.63) is 12.2 Å². The van der Waals surface area contributed by atoms with Crippen LogP contribution in [0.25, 0.3) is 0 Å². The fourth-order valence-corrected chi connectivity index (χ4v) is 1.74. The fraction of sp³-hybridized carbons (Fsp3) is 0.833. The quantitative estimate of drug-likeness (QED) is 0.685. The SMILES string of the molecule is COCCNCC(Cc1ncnn1C)C(C)C. The van der Waals surface area contributed by atoms with Gasteiger partial charge >= 0.3 is 0 Å². The van der Waals surface area contributed by atoms with E-state index in [0.29, 0.717) is 11.8 Å². The maximum Gasteiger partial charge on any atom is 0.138 e. The Morgan fingerprint density at radius 2 is 2.24 bits per heavy atom. The van der Waals surface area contributed by atoms with Crippen LogP contribution in [0, 0.1) is 11.8 Å². The van der Waals surface area contributed by atoms with Crippen LogP contribution >= 0.6 is 0 Å². The summed E-state index contributed by atoms with van der Waals surface area (Å²) in [5.74, 6) is 2.26. The monoisotopic (exact) mass is 240 g/mol. The third kappa shape index (κ3) is 4.83. The summed E-state index contributed by atoms with van der Waals surface area (Å²) in [7, 11) is 3.67. The molecule has 1 heterocycles. The van der Waals surface area contributed by atoms with E-state index in [9.17, 15) is 0 Å². The summed E-state index contributed by atoms with van der Waals surface area (Å²) < 4.78 is 6.87. The molecule has 0 aliphatic heterocycles. The Morgan fingerprint density at radius 1 is 1.47 bits per heavy atom. The highest BCUT2D eigenvalue weighted by Crippen LogP contribution is 2.14.